The number of aryl methyl sites for hydroxylation is 2. The fraction of sp³-hybridized carbons (Fsp3) is 0.500. The van der Waals surface area contributed by atoms with Crippen LogP contribution in [0.4, 0.5) is 0 Å². The molecule has 0 spiro atoms. The molecule has 0 saturated heterocycles. The number of nitrogens with two attached hydrogens (primary N) is 1. The summed E-state index contributed by atoms with van der Waals surface area (Å²) in [5, 5.41) is 0. The average molecular weight is 250 g/mol. The van der Waals surface area contributed by atoms with Gasteiger partial charge in [0, 0.05) is 6.54 Å². The molecule has 18 heavy (non-hydrogen) atoms. The molecular weight excluding hydrogens is 228 g/mol. The average Bonchev–Trinajstić information content (AvgIpc) is 2.27. The fourth-order valence-corrected chi connectivity index (χ4v) is 2.10. The monoisotopic (exact) mass is 250 g/mol. The van der Waals surface area contributed by atoms with Crippen molar-refractivity contribution in [2.45, 2.75) is 33.4 Å². The lowest BCUT2D eigenvalue weighted by molar-refractivity contribution is -0.122. The van der Waals surface area contributed by atoms with Crippen LogP contribution in [-0.4, -0.2) is 31.0 Å². The molecule has 1 amide bonds. The SMILES string of the molecule is COc1c(C)cc(CN(C)[C@@H](C)C(N)=O)cc1C. The van der Waals surface area contributed by atoms with Crippen LogP contribution in [0.2, 0.25) is 0 Å². The van der Waals surface area contributed by atoms with Crippen molar-refractivity contribution in [2.75, 3.05) is 14.2 Å². The van der Waals surface area contributed by atoms with Crippen molar-refractivity contribution in [1.29, 1.82) is 0 Å². The molecule has 0 saturated carbocycles. The van der Waals surface area contributed by atoms with Crippen LogP contribution in [0, 0.1) is 13.8 Å². The first-order valence-corrected chi connectivity index (χ1v) is 6.00. The van der Waals surface area contributed by atoms with Crippen molar-refractivity contribution < 1.29 is 9.53 Å². The molecule has 0 unspecified atom stereocenters. The van der Waals surface area contributed by atoms with Gasteiger partial charge in [0.2, 0.25) is 5.91 Å². The van der Waals surface area contributed by atoms with Gasteiger partial charge < -0.3 is 10.5 Å². The number of primary amides is 1. The Morgan fingerprint density at radius 3 is 2.28 bits per heavy atom. The van der Waals surface area contributed by atoms with Crippen molar-refractivity contribution in [2.24, 2.45) is 5.73 Å². The van der Waals surface area contributed by atoms with Crippen LogP contribution >= 0.6 is 0 Å². The van der Waals surface area contributed by atoms with Crippen LogP contribution in [0.5, 0.6) is 5.75 Å². The lowest BCUT2D eigenvalue weighted by Crippen LogP contribution is -2.39. The molecule has 1 rings (SSSR count). The van der Waals surface area contributed by atoms with Crippen molar-refractivity contribution in [3.63, 3.8) is 0 Å². The molecule has 1 aromatic rings. The molecule has 100 valence electrons. The van der Waals surface area contributed by atoms with Crippen molar-refractivity contribution in [1.82, 2.24) is 4.90 Å². The largest absolute Gasteiger partial charge is 0.496 e. The zero-order valence-corrected chi connectivity index (χ0v) is 11.8. The van der Waals surface area contributed by atoms with E-state index in [2.05, 4.69) is 12.1 Å². The summed E-state index contributed by atoms with van der Waals surface area (Å²) in [7, 11) is 3.57. The Bertz CT molecular complexity index is 420. The molecule has 0 heterocycles. The van der Waals surface area contributed by atoms with Gasteiger partial charge in [-0.15, -0.1) is 0 Å². The zero-order chi connectivity index (χ0) is 13.9. The molecule has 0 fully saturated rings. The Morgan fingerprint density at radius 1 is 1.39 bits per heavy atom. The van der Waals surface area contributed by atoms with Crippen LogP contribution in [0.25, 0.3) is 0 Å². The number of methoxy groups -OCH3 is 1. The van der Waals surface area contributed by atoms with E-state index in [1.165, 1.54) is 0 Å². The van der Waals surface area contributed by atoms with Gasteiger partial charge in [-0.1, -0.05) is 12.1 Å². The molecule has 0 aliphatic rings. The van der Waals surface area contributed by atoms with Crippen LogP contribution in [0.3, 0.4) is 0 Å². The molecule has 0 bridgehead atoms. The first-order valence-electron chi connectivity index (χ1n) is 6.00. The van der Waals surface area contributed by atoms with Crippen molar-refractivity contribution in [3.8, 4) is 5.75 Å². The van der Waals surface area contributed by atoms with Gasteiger partial charge in [-0.05, 0) is 44.5 Å². The summed E-state index contributed by atoms with van der Waals surface area (Å²) < 4.78 is 5.33. The fourth-order valence-electron chi connectivity index (χ4n) is 2.10. The Hall–Kier alpha value is -1.55. The third kappa shape index (κ3) is 3.23. The molecule has 0 aliphatic carbocycles. The van der Waals surface area contributed by atoms with Gasteiger partial charge >= 0.3 is 0 Å². The number of hydrogen-bond donors (Lipinski definition) is 1. The van der Waals surface area contributed by atoms with E-state index in [0.29, 0.717) is 6.54 Å². The predicted molar refractivity (Wildman–Crippen MR) is 72.6 cm³/mol. The molecule has 4 heteroatoms. The zero-order valence-electron chi connectivity index (χ0n) is 11.8. The molecule has 0 aliphatic heterocycles. The van der Waals surface area contributed by atoms with E-state index in [4.69, 9.17) is 10.5 Å². The first-order chi connectivity index (χ1) is 8.36. The maximum atomic E-state index is 11.1. The second-order valence-electron chi connectivity index (χ2n) is 4.76. The summed E-state index contributed by atoms with van der Waals surface area (Å²) >= 11 is 0. The summed E-state index contributed by atoms with van der Waals surface area (Å²) in [6, 6.07) is 3.89. The van der Waals surface area contributed by atoms with E-state index in [1.54, 1.807) is 7.11 Å². The van der Waals surface area contributed by atoms with Gasteiger partial charge in [0.05, 0.1) is 13.2 Å². The number of nitrogens with zero attached hydrogens (tertiary/aromatic N) is 1. The molecular formula is C14H22N2O2. The molecule has 4 nitrogen and oxygen atoms in total. The third-order valence-electron chi connectivity index (χ3n) is 3.23. The number of rotatable bonds is 5. The van der Waals surface area contributed by atoms with E-state index in [1.807, 2.05) is 32.7 Å². The number of hydrogen-bond acceptors (Lipinski definition) is 3. The standard InChI is InChI=1S/C14H22N2O2/c1-9-6-12(7-10(2)13(9)18-5)8-16(4)11(3)14(15)17/h6-7,11H,8H2,1-5H3,(H2,15,17)/t11-/m0/s1. The van der Waals surface area contributed by atoms with Gasteiger partial charge in [-0.3, -0.25) is 9.69 Å². The maximum Gasteiger partial charge on any atom is 0.234 e. The smallest absolute Gasteiger partial charge is 0.234 e. The molecule has 2 N–H and O–H groups in total. The topological polar surface area (TPSA) is 55.6 Å². The van der Waals surface area contributed by atoms with E-state index < -0.39 is 0 Å². The second-order valence-corrected chi connectivity index (χ2v) is 4.76. The van der Waals surface area contributed by atoms with Gasteiger partial charge in [0.1, 0.15) is 5.75 Å². The molecule has 1 aromatic carbocycles. The minimum atomic E-state index is -0.306. The number of carbonyl (C=O) groups is 1. The van der Waals surface area contributed by atoms with Gasteiger partial charge in [-0.2, -0.15) is 0 Å². The highest BCUT2D eigenvalue weighted by Crippen LogP contribution is 2.24. The summed E-state index contributed by atoms with van der Waals surface area (Å²) in [4.78, 5) is 13.1. The summed E-state index contributed by atoms with van der Waals surface area (Å²) in [5.74, 6) is 0.615. The van der Waals surface area contributed by atoms with Crippen molar-refractivity contribution in [3.05, 3.63) is 28.8 Å². The van der Waals surface area contributed by atoms with E-state index in [0.717, 1.165) is 22.4 Å². The number of ether oxygens (including phenoxy) is 1. The van der Waals surface area contributed by atoms with E-state index in [9.17, 15) is 4.79 Å². The first kappa shape index (κ1) is 14.5. The Kier molecular flexibility index (Phi) is 4.73. The predicted octanol–water partition coefficient (Wildman–Crippen LogP) is 1.62. The summed E-state index contributed by atoms with van der Waals surface area (Å²) in [5.41, 5.74) is 8.66. The summed E-state index contributed by atoms with van der Waals surface area (Å²) in [6.45, 7) is 6.54. The number of likely N-dealkylation sites (N-methyl/N-ethyl adjacent to an activating group) is 1. The Labute approximate surface area is 109 Å². The highest BCUT2D eigenvalue weighted by Gasteiger charge is 2.15. The highest BCUT2D eigenvalue weighted by atomic mass is 16.5. The summed E-state index contributed by atoms with van der Waals surface area (Å²) in [6.07, 6.45) is 0. The van der Waals surface area contributed by atoms with Gasteiger partial charge in [-0.25, -0.2) is 0 Å². The Morgan fingerprint density at radius 2 is 1.89 bits per heavy atom. The number of carbonyl (C=O) groups excluding carboxylic acids is 1. The molecule has 0 aromatic heterocycles. The quantitative estimate of drug-likeness (QED) is 0.864. The number of amides is 1. The lowest BCUT2D eigenvalue weighted by Gasteiger charge is -2.22. The van der Waals surface area contributed by atoms with Crippen LogP contribution in [0.1, 0.15) is 23.6 Å². The molecule has 0 radical (unpaired) electrons. The Balaban J connectivity index is 2.89. The van der Waals surface area contributed by atoms with Crippen molar-refractivity contribution >= 4 is 5.91 Å². The number of benzene rings is 1. The van der Waals surface area contributed by atoms with Crippen LogP contribution in [-0.2, 0) is 11.3 Å². The van der Waals surface area contributed by atoms with E-state index in [-0.39, 0.29) is 11.9 Å². The van der Waals surface area contributed by atoms with E-state index >= 15 is 0 Å². The normalized spacial score (nSPS) is 12.6. The maximum absolute atomic E-state index is 11.1. The minimum absolute atomic E-state index is 0.271. The van der Waals surface area contributed by atoms with Gasteiger partial charge in [0.25, 0.3) is 0 Å². The lowest BCUT2D eigenvalue weighted by atomic mass is 10.0. The second kappa shape index (κ2) is 5.87. The van der Waals surface area contributed by atoms with Crippen LogP contribution < -0.4 is 10.5 Å². The minimum Gasteiger partial charge on any atom is -0.496 e. The van der Waals surface area contributed by atoms with Gasteiger partial charge in [0.15, 0.2) is 0 Å². The third-order valence-corrected chi connectivity index (χ3v) is 3.23. The van der Waals surface area contributed by atoms with Crippen LogP contribution in [0.15, 0.2) is 12.1 Å². The highest BCUT2D eigenvalue weighted by molar-refractivity contribution is 5.79. The molecule has 1 atom stereocenters.